The van der Waals surface area contributed by atoms with Crippen LogP contribution < -0.4 is 10.1 Å². The van der Waals surface area contributed by atoms with Gasteiger partial charge in [-0.1, -0.05) is 19.1 Å². The van der Waals surface area contributed by atoms with Crippen molar-refractivity contribution in [1.82, 2.24) is 10.2 Å². The highest BCUT2D eigenvalue weighted by molar-refractivity contribution is 5.27. The van der Waals surface area contributed by atoms with Gasteiger partial charge in [0.15, 0.2) is 0 Å². The summed E-state index contributed by atoms with van der Waals surface area (Å²) in [4.78, 5) is 2.33. The lowest BCUT2D eigenvalue weighted by atomic mass is 9.90. The zero-order valence-corrected chi connectivity index (χ0v) is 12.3. The maximum absolute atomic E-state index is 12.1. The molecule has 21 heavy (non-hydrogen) atoms. The summed E-state index contributed by atoms with van der Waals surface area (Å²) in [6.45, 7) is 5.99. The minimum atomic E-state index is -4.63. The van der Waals surface area contributed by atoms with E-state index < -0.39 is 6.36 Å². The Hall–Kier alpha value is -1.27. The number of hydrogen-bond acceptors (Lipinski definition) is 3. The summed E-state index contributed by atoms with van der Waals surface area (Å²) >= 11 is 0. The number of rotatable bonds is 5. The first kappa shape index (κ1) is 16.1. The van der Waals surface area contributed by atoms with Crippen molar-refractivity contribution in [3.8, 4) is 5.75 Å². The van der Waals surface area contributed by atoms with Crippen molar-refractivity contribution >= 4 is 0 Å². The van der Waals surface area contributed by atoms with E-state index in [1.807, 2.05) is 7.05 Å². The van der Waals surface area contributed by atoms with Gasteiger partial charge in [-0.2, -0.15) is 0 Å². The number of nitrogens with one attached hydrogen (secondary N) is 1. The molecule has 0 aromatic heterocycles. The second-order valence-corrected chi connectivity index (χ2v) is 5.99. The third kappa shape index (κ3) is 4.89. The first-order valence-corrected chi connectivity index (χ1v) is 7.01. The second kappa shape index (κ2) is 6.23. The van der Waals surface area contributed by atoms with Crippen LogP contribution in [0.2, 0.25) is 0 Å². The lowest BCUT2D eigenvalue weighted by Crippen LogP contribution is -2.32. The summed E-state index contributed by atoms with van der Waals surface area (Å²) in [5.74, 6) is -0.173. The largest absolute Gasteiger partial charge is 0.573 e. The van der Waals surface area contributed by atoms with Crippen molar-refractivity contribution in [3.05, 3.63) is 29.8 Å². The fourth-order valence-electron chi connectivity index (χ4n) is 2.89. The molecule has 0 bridgehead atoms. The number of hydrogen-bond donors (Lipinski definition) is 1. The number of alkyl halides is 3. The van der Waals surface area contributed by atoms with Gasteiger partial charge in [0, 0.05) is 19.6 Å². The highest BCUT2D eigenvalue weighted by atomic mass is 19.4. The van der Waals surface area contributed by atoms with E-state index in [-0.39, 0.29) is 11.2 Å². The molecular formula is C15H21F3N2O. The summed E-state index contributed by atoms with van der Waals surface area (Å²) in [6, 6.07) is 6.11. The van der Waals surface area contributed by atoms with Crippen LogP contribution in [0.5, 0.6) is 5.75 Å². The number of benzene rings is 1. The van der Waals surface area contributed by atoms with Gasteiger partial charge in [0.2, 0.25) is 0 Å². The summed E-state index contributed by atoms with van der Waals surface area (Å²) in [7, 11) is 1.95. The van der Waals surface area contributed by atoms with Gasteiger partial charge in [-0.15, -0.1) is 13.2 Å². The Labute approximate surface area is 123 Å². The maximum atomic E-state index is 12.1. The van der Waals surface area contributed by atoms with Gasteiger partial charge in [0.25, 0.3) is 0 Å². The predicted octanol–water partition coefficient (Wildman–Crippen LogP) is 3.02. The summed E-state index contributed by atoms with van der Waals surface area (Å²) < 4.78 is 40.1. The molecule has 1 atom stereocenters. The number of halogens is 3. The van der Waals surface area contributed by atoms with Gasteiger partial charge in [0.05, 0.1) is 0 Å². The van der Waals surface area contributed by atoms with Crippen LogP contribution in [0.15, 0.2) is 24.3 Å². The molecule has 1 aliphatic heterocycles. The third-order valence-electron chi connectivity index (χ3n) is 3.80. The van der Waals surface area contributed by atoms with E-state index in [1.54, 1.807) is 12.1 Å². The molecule has 0 aliphatic carbocycles. The number of likely N-dealkylation sites (tertiary alicyclic amines) is 1. The van der Waals surface area contributed by atoms with Crippen molar-refractivity contribution in [2.45, 2.75) is 26.3 Å². The van der Waals surface area contributed by atoms with Crippen molar-refractivity contribution in [1.29, 1.82) is 0 Å². The molecule has 1 aliphatic rings. The monoisotopic (exact) mass is 302 g/mol. The third-order valence-corrected chi connectivity index (χ3v) is 3.80. The van der Waals surface area contributed by atoms with E-state index in [4.69, 9.17) is 0 Å². The Morgan fingerprint density at radius 2 is 1.95 bits per heavy atom. The molecule has 0 radical (unpaired) electrons. The average molecular weight is 302 g/mol. The van der Waals surface area contributed by atoms with Gasteiger partial charge in [0.1, 0.15) is 5.75 Å². The van der Waals surface area contributed by atoms with Gasteiger partial charge in [-0.05, 0) is 43.1 Å². The smallest absolute Gasteiger partial charge is 0.406 e. The van der Waals surface area contributed by atoms with E-state index in [9.17, 15) is 13.2 Å². The summed E-state index contributed by atoms with van der Waals surface area (Å²) in [5.41, 5.74) is 1.27. The first-order chi connectivity index (χ1) is 9.80. The van der Waals surface area contributed by atoms with Crippen molar-refractivity contribution in [3.63, 3.8) is 0 Å². The normalized spacial score (nSPS) is 23.5. The van der Waals surface area contributed by atoms with Crippen LogP contribution in [0.3, 0.4) is 0 Å². The topological polar surface area (TPSA) is 24.5 Å². The van der Waals surface area contributed by atoms with E-state index in [2.05, 4.69) is 21.9 Å². The molecular weight excluding hydrogens is 281 g/mol. The molecule has 0 amide bonds. The molecule has 1 saturated heterocycles. The van der Waals surface area contributed by atoms with Crippen molar-refractivity contribution < 1.29 is 17.9 Å². The van der Waals surface area contributed by atoms with Gasteiger partial charge in [-0.3, -0.25) is 4.90 Å². The summed E-state index contributed by atoms with van der Waals surface area (Å²) in [5, 5.41) is 3.21. The molecule has 0 saturated carbocycles. The molecule has 1 fully saturated rings. The summed E-state index contributed by atoms with van der Waals surface area (Å²) in [6.07, 6.45) is -3.51. The zero-order chi connectivity index (χ0) is 15.5. The Morgan fingerprint density at radius 1 is 1.29 bits per heavy atom. The minimum Gasteiger partial charge on any atom is -0.406 e. The molecule has 118 valence electrons. The van der Waals surface area contributed by atoms with Crippen LogP contribution in [-0.4, -0.2) is 37.9 Å². The van der Waals surface area contributed by atoms with Crippen LogP contribution in [0.25, 0.3) is 0 Å². The quantitative estimate of drug-likeness (QED) is 0.905. The zero-order valence-electron chi connectivity index (χ0n) is 12.3. The van der Waals surface area contributed by atoms with Crippen LogP contribution in [0, 0.1) is 5.41 Å². The van der Waals surface area contributed by atoms with Crippen molar-refractivity contribution in [2.24, 2.45) is 5.41 Å². The van der Waals surface area contributed by atoms with E-state index >= 15 is 0 Å². The number of nitrogens with zero attached hydrogens (tertiary/aromatic N) is 1. The maximum Gasteiger partial charge on any atom is 0.573 e. The van der Waals surface area contributed by atoms with E-state index in [1.165, 1.54) is 12.1 Å². The molecule has 3 nitrogen and oxygen atoms in total. The lowest BCUT2D eigenvalue weighted by molar-refractivity contribution is -0.274. The molecule has 1 unspecified atom stereocenters. The van der Waals surface area contributed by atoms with E-state index in [0.717, 1.165) is 38.2 Å². The van der Waals surface area contributed by atoms with Gasteiger partial charge in [-0.25, -0.2) is 0 Å². The predicted molar refractivity (Wildman–Crippen MR) is 75.1 cm³/mol. The van der Waals surface area contributed by atoms with Crippen LogP contribution >= 0.6 is 0 Å². The second-order valence-electron chi connectivity index (χ2n) is 5.99. The Morgan fingerprint density at radius 3 is 2.52 bits per heavy atom. The van der Waals surface area contributed by atoms with Crippen LogP contribution in [0.1, 0.15) is 18.9 Å². The molecule has 1 N–H and O–H groups in total. The lowest BCUT2D eigenvalue weighted by Gasteiger charge is -2.24. The highest BCUT2D eigenvalue weighted by Crippen LogP contribution is 2.30. The Bertz CT molecular complexity index is 461. The van der Waals surface area contributed by atoms with Crippen molar-refractivity contribution in [2.75, 3.05) is 26.7 Å². The fraction of sp³-hybridized carbons (Fsp3) is 0.600. The fourth-order valence-corrected chi connectivity index (χ4v) is 2.89. The van der Waals surface area contributed by atoms with E-state index in [0.29, 0.717) is 0 Å². The van der Waals surface area contributed by atoms with Gasteiger partial charge < -0.3 is 10.1 Å². The Balaban J connectivity index is 1.90. The van der Waals surface area contributed by atoms with Crippen LogP contribution in [0.4, 0.5) is 13.2 Å². The average Bonchev–Trinajstić information content (AvgIpc) is 2.72. The molecule has 1 aromatic carbocycles. The number of ether oxygens (including phenoxy) is 1. The standard InChI is InChI=1S/C15H21F3N2O/c1-14(10-19-2)7-8-20(11-14)9-12-3-5-13(6-4-12)21-15(16,17)18/h3-6,19H,7-11H2,1-2H3. The van der Waals surface area contributed by atoms with Crippen LogP contribution in [-0.2, 0) is 6.54 Å². The molecule has 1 aromatic rings. The molecule has 1 heterocycles. The highest BCUT2D eigenvalue weighted by Gasteiger charge is 2.33. The Kier molecular flexibility index (Phi) is 4.78. The SMILES string of the molecule is CNCC1(C)CCN(Cc2ccc(OC(F)(F)F)cc2)C1. The van der Waals surface area contributed by atoms with Gasteiger partial charge >= 0.3 is 6.36 Å². The molecule has 6 heteroatoms. The molecule has 0 spiro atoms. The first-order valence-electron chi connectivity index (χ1n) is 7.01. The minimum absolute atomic E-state index is 0.173. The molecule has 2 rings (SSSR count).